The number of carbonyl (C=O) groups excluding carboxylic acids is 1. The van der Waals surface area contributed by atoms with Gasteiger partial charge in [0.25, 0.3) is 5.91 Å². The lowest BCUT2D eigenvalue weighted by molar-refractivity contribution is 0.101. The Labute approximate surface area is 107 Å². The molecular weight excluding hydrogens is 284 g/mol. The average Bonchev–Trinajstić information content (AvgIpc) is 2.81. The minimum absolute atomic E-state index is 0.176. The molecule has 4 nitrogen and oxygen atoms in total. The van der Waals surface area contributed by atoms with E-state index in [1.54, 1.807) is 42.4 Å². The summed E-state index contributed by atoms with van der Waals surface area (Å²) >= 11 is 3.34. The zero-order valence-corrected chi connectivity index (χ0v) is 10.8. The first-order valence-electron chi connectivity index (χ1n) is 4.98. The Kier molecular flexibility index (Phi) is 3.49. The van der Waals surface area contributed by atoms with Crippen molar-refractivity contribution in [3.63, 3.8) is 0 Å². The number of benzene rings is 1. The van der Waals surface area contributed by atoms with Gasteiger partial charge < -0.3 is 4.74 Å². The zero-order valence-electron chi connectivity index (χ0n) is 9.18. The fourth-order valence-electron chi connectivity index (χ4n) is 1.40. The SMILES string of the molecule is COc1ccc(C(=O)Nn2cccc2)cc1Br. The van der Waals surface area contributed by atoms with Gasteiger partial charge in [-0.05, 0) is 46.3 Å². The van der Waals surface area contributed by atoms with Crippen LogP contribution in [0.1, 0.15) is 10.4 Å². The van der Waals surface area contributed by atoms with E-state index in [2.05, 4.69) is 21.4 Å². The van der Waals surface area contributed by atoms with E-state index in [1.807, 2.05) is 12.1 Å². The van der Waals surface area contributed by atoms with Crippen LogP contribution in [0, 0.1) is 0 Å². The highest BCUT2D eigenvalue weighted by Gasteiger charge is 2.08. The molecule has 5 heteroatoms. The summed E-state index contributed by atoms with van der Waals surface area (Å²) in [5.41, 5.74) is 3.28. The van der Waals surface area contributed by atoms with Crippen molar-refractivity contribution in [3.8, 4) is 5.75 Å². The summed E-state index contributed by atoms with van der Waals surface area (Å²) in [7, 11) is 1.58. The number of nitrogens with one attached hydrogen (secondary N) is 1. The lowest BCUT2D eigenvalue weighted by Gasteiger charge is -2.08. The number of methoxy groups -OCH3 is 1. The van der Waals surface area contributed by atoms with Gasteiger partial charge in [-0.3, -0.25) is 14.9 Å². The topological polar surface area (TPSA) is 43.3 Å². The van der Waals surface area contributed by atoms with Gasteiger partial charge in [0, 0.05) is 18.0 Å². The molecule has 1 N–H and O–H groups in total. The zero-order chi connectivity index (χ0) is 12.3. The summed E-state index contributed by atoms with van der Waals surface area (Å²) in [5, 5.41) is 0. The summed E-state index contributed by atoms with van der Waals surface area (Å²) < 4.78 is 7.45. The van der Waals surface area contributed by atoms with Crippen LogP contribution >= 0.6 is 15.9 Å². The third kappa shape index (κ3) is 2.68. The van der Waals surface area contributed by atoms with Crippen LogP contribution in [0.25, 0.3) is 0 Å². The third-order valence-electron chi connectivity index (χ3n) is 2.25. The highest BCUT2D eigenvalue weighted by Crippen LogP contribution is 2.25. The molecule has 0 aliphatic rings. The van der Waals surface area contributed by atoms with Gasteiger partial charge in [-0.15, -0.1) is 0 Å². The maximum atomic E-state index is 11.9. The van der Waals surface area contributed by atoms with Gasteiger partial charge in [0.05, 0.1) is 11.6 Å². The molecule has 1 amide bonds. The molecule has 2 aromatic rings. The molecule has 0 aliphatic carbocycles. The number of nitrogens with zero attached hydrogens (tertiary/aromatic N) is 1. The molecule has 0 fully saturated rings. The summed E-state index contributed by atoms with van der Waals surface area (Å²) in [6, 6.07) is 8.85. The lowest BCUT2D eigenvalue weighted by atomic mass is 10.2. The second-order valence-corrected chi connectivity index (χ2v) is 4.23. The molecule has 1 aromatic carbocycles. The van der Waals surface area contributed by atoms with Crippen molar-refractivity contribution in [2.45, 2.75) is 0 Å². The largest absolute Gasteiger partial charge is 0.496 e. The Bertz CT molecular complexity index is 523. The van der Waals surface area contributed by atoms with Crippen molar-refractivity contribution in [2.75, 3.05) is 12.5 Å². The standard InChI is InChI=1S/C12H11BrN2O2/c1-17-11-5-4-9(8-10(11)13)12(16)14-15-6-2-3-7-15/h2-8H,1H3,(H,14,16). The van der Waals surface area contributed by atoms with Crippen molar-refractivity contribution in [1.29, 1.82) is 0 Å². The van der Waals surface area contributed by atoms with E-state index in [0.29, 0.717) is 11.3 Å². The van der Waals surface area contributed by atoms with Crippen LogP contribution in [0.2, 0.25) is 0 Å². The fraction of sp³-hybridized carbons (Fsp3) is 0.0833. The van der Waals surface area contributed by atoms with Crippen LogP contribution in [-0.4, -0.2) is 17.7 Å². The normalized spacial score (nSPS) is 10.0. The second kappa shape index (κ2) is 5.05. The van der Waals surface area contributed by atoms with E-state index in [1.165, 1.54) is 0 Å². The first-order chi connectivity index (χ1) is 8.20. The molecule has 0 radical (unpaired) electrons. The van der Waals surface area contributed by atoms with Crippen molar-refractivity contribution in [1.82, 2.24) is 4.68 Å². The Morgan fingerprint density at radius 3 is 2.65 bits per heavy atom. The highest BCUT2D eigenvalue weighted by molar-refractivity contribution is 9.10. The van der Waals surface area contributed by atoms with E-state index in [9.17, 15) is 4.79 Å². The average molecular weight is 295 g/mol. The third-order valence-corrected chi connectivity index (χ3v) is 2.87. The van der Waals surface area contributed by atoms with Crippen molar-refractivity contribution in [3.05, 3.63) is 52.8 Å². The maximum absolute atomic E-state index is 11.9. The first kappa shape index (κ1) is 11.7. The van der Waals surface area contributed by atoms with Crippen LogP contribution in [0.3, 0.4) is 0 Å². The molecule has 17 heavy (non-hydrogen) atoms. The van der Waals surface area contributed by atoms with E-state index in [-0.39, 0.29) is 5.91 Å². The molecule has 0 unspecified atom stereocenters. The molecule has 0 bridgehead atoms. The molecule has 0 saturated carbocycles. The second-order valence-electron chi connectivity index (χ2n) is 3.38. The van der Waals surface area contributed by atoms with Crippen LogP contribution in [0.4, 0.5) is 0 Å². The van der Waals surface area contributed by atoms with Gasteiger partial charge in [-0.1, -0.05) is 0 Å². The fourth-order valence-corrected chi connectivity index (χ4v) is 1.94. The monoisotopic (exact) mass is 294 g/mol. The Hall–Kier alpha value is -1.75. The van der Waals surface area contributed by atoms with Gasteiger partial charge in [-0.2, -0.15) is 0 Å². The number of halogens is 1. The number of amides is 1. The van der Waals surface area contributed by atoms with Gasteiger partial charge in [-0.25, -0.2) is 0 Å². The summed E-state index contributed by atoms with van der Waals surface area (Å²) in [5.74, 6) is 0.520. The molecule has 0 aliphatic heterocycles. The number of carbonyl (C=O) groups is 1. The minimum Gasteiger partial charge on any atom is -0.496 e. The molecule has 1 heterocycles. The maximum Gasteiger partial charge on any atom is 0.270 e. The van der Waals surface area contributed by atoms with Crippen LogP contribution in [0.5, 0.6) is 5.75 Å². The van der Waals surface area contributed by atoms with Crippen molar-refractivity contribution < 1.29 is 9.53 Å². The van der Waals surface area contributed by atoms with E-state index >= 15 is 0 Å². The Balaban J connectivity index is 2.17. The van der Waals surface area contributed by atoms with E-state index in [0.717, 1.165) is 4.47 Å². The van der Waals surface area contributed by atoms with Crippen molar-refractivity contribution in [2.24, 2.45) is 0 Å². The predicted octanol–water partition coefficient (Wildman–Crippen LogP) is 2.64. The van der Waals surface area contributed by atoms with Crippen LogP contribution in [0.15, 0.2) is 47.2 Å². The summed E-state index contributed by atoms with van der Waals surface area (Å²) in [6.07, 6.45) is 3.52. The first-order valence-corrected chi connectivity index (χ1v) is 5.78. The van der Waals surface area contributed by atoms with E-state index in [4.69, 9.17) is 4.74 Å². The number of aromatic nitrogens is 1. The quantitative estimate of drug-likeness (QED) is 0.946. The highest BCUT2D eigenvalue weighted by atomic mass is 79.9. The summed E-state index contributed by atoms with van der Waals surface area (Å²) in [6.45, 7) is 0. The minimum atomic E-state index is -0.176. The molecular formula is C12H11BrN2O2. The molecule has 2 rings (SSSR count). The molecule has 88 valence electrons. The van der Waals surface area contributed by atoms with Gasteiger partial charge in [0.1, 0.15) is 5.75 Å². The molecule has 0 spiro atoms. The Morgan fingerprint density at radius 1 is 1.35 bits per heavy atom. The number of hydrogen-bond donors (Lipinski definition) is 1. The number of ether oxygens (including phenoxy) is 1. The lowest BCUT2D eigenvalue weighted by Crippen LogP contribution is -2.21. The predicted molar refractivity (Wildman–Crippen MR) is 68.8 cm³/mol. The van der Waals surface area contributed by atoms with E-state index < -0.39 is 0 Å². The molecule has 1 aromatic heterocycles. The number of rotatable bonds is 3. The van der Waals surface area contributed by atoms with Crippen LogP contribution in [-0.2, 0) is 0 Å². The molecule has 0 saturated heterocycles. The Morgan fingerprint density at radius 2 is 2.06 bits per heavy atom. The van der Waals surface area contributed by atoms with Crippen molar-refractivity contribution >= 4 is 21.8 Å². The smallest absolute Gasteiger partial charge is 0.270 e. The molecule has 0 atom stereocenters. The summed E-state index contributed by atoms with van der Waals surface area (Å²) in [4.78, 5) is 11.9. The van der Waals surface area contributed by atoms with Gasteiger partial charge in [0.15, 0.2) is 0 Å². The van der Waals surface area contributed by atoms with Gasteiger partial charge >= 0.3 is 0 Å². The van der Waals surface area contributed by atoms with Gasteiger partial charge in [0.2, 0.25) is 0 Å². The van der Waals surface area contributed by atoms with Crippen LogP contribution < -0.4 is 10.2 Å². The number of hydrogen-bond acceptors (Lipinski definition) is 2.